The van der Waals surface area contributed by atoms with E-state index in [1.165, 1.54) is 61.1 Å². The van der Waals surface area contributed by atoms with E-state index in [0.717, 1.165) is 34.0 Å². The molecule has 0 amide bonds. The van der Waals surface area contributed by atoms with E-state index in [1.54, 1.807) is 0 Å². The maximum Gasteiger partial charge on any atom is 0.137 e. The summed E-state index contributed by atoms with van der Waals surface area (Å²) in [4.78, 5) is 9.94. The van der Waals surface area contributed by atoms with Crippen molar-refractivity contribution in [3.8, 4) is 28.4 Å². The van der Waals surface area contributed by atoms with Gasteiger partial charge in [-0.3, -0.25) is 4.57 Å². The predicted octanol–water partition coefficient (Wildman–Crippen LogP) is 16.7. The molecule has 3 heterocycles. The van der Waals surface area contributed by atoms with Gasteiger partial charge in [-0.25, -0.2) is 4.98 Å². The summed E-state index contributed by atoms with van der Waals surface area (Å²) < 4.78 is 9.37. The minimum absolute atomic E-state index is 0.0481. The molecule has 0 saturated heterocycles. The third kappa shape index (κ3) is 8.60. The third-order valence-electron chi connectivity index (χ3n) is 14.3. The van der Waals surface area contributed by atoms with Crippen molar-refractivity contribution in [2.24, 2.45) is 0 Å². The normalized spacial score (nSPS) is 13.6. The lowest BCUT2D eigenvalue weighted by Crippen LogP contribution is -2.34. The summed E-state index contributed by atoms with van der Waals surface area (Å²) in [5.41, 5.74) is 13.5. The molecule has 0 atom stereocenters. The number of aromatic nitrogens is 2. The molecular formula is C64H64N4O. The molecule has 7 aromatic carbocycles. The Morgan fingerprint density at radius 1 is 0.464 bits per heavy atom. The largest absolute Gasteiger partial charge is 0.457 e. The molecule has 0 fully saturated rings. The number of nitrogens with zero attached hydrogens (tertiary/aromatic N) is 4. The van der Waals surface area contributed by atoms with Gasteiger partial charge in [0.05, 0.1) is 17.7 Å². The van der Waals surface area contributed by atoms with Crippen molar-refractivity contribution >= 4 is 33.2 Å². The first-order chi connectivity index (χ1) is 33.0. The molecule has 0 unspecified atom stereocenters. The number of anilines is 2. The Kier molecular flexibility index (Phi) is 11.4. The number of para-hydroxylation sites is 1. The number of fused-ring (bicyclic) bond motifs is 3. The average molecular weight is 905 g/mol. The Balaban J connectivity index is 1.06. The summed E-state index contributed by atoms with van der Waals surface area (Å²) in [5, 5.41) is 2.42. The molecule has 69 heavy (non-hydrogen) atoms. The van der Waals surface area contributed by atoms with E-state index < -0.39 is 0 Å². The lowest BCUT2D eigenvalue weighted by molar-refractivity contribution is 0.480. The van der Waals surface area contributed by atoms with Crippen molar-refractivity contribution in [2.45, 2.75) is 90.9 Å². The van der Waals surface area contributed by atoms with Crippen LogP contribution in [-0.4, -0.2) is 16.2 Å². The molecule has 5 nitrogen and oxygen atoms in total. The number of rotatable bonds is 10. The van der Waals surface area contributed by atoms with Crippen molar-refractivity contribution < 1.29 is 4.74 Å². The van der Waals surface area contributed by atoms with Crippen LogP contribution in [0.5, 0.6) is 11.5 Å². The van der Waals surface area contributed by atoms with E-state index in [1.807, 2.05) is 6.20 Å². The maximum atomic E-state index is 7.04. The van der Waals surface area contributed by atoms with E-state index in [-0.39, 0.29) is 21.7 Å². The zero-order chi connectivity index (χ0) is 48.3. The van der Waals surface area contributed by atoms with Gasteiger partial charge in [-0.2, -0.15) is 0 Å². The van der Waals surface area contributed by atoms with Gasteiger partial charge < -0.3 is 14.5 Å². The summed E-state index contributed by atoms with van der Waals surface area (Å²) in [6, 6.07) is 65.6. The molecule has 9 aromatic rings. The number of hydrogen-bond acceptors (Lipinski definition) is 4. The Bertz CT molecular complexity index is 3350. The second-order valence-electron chi connectivity index (χ2n) is 21.9. The van der Waals surface area contributed by atoms with Crippen molar-refractivity contribution in [3.05, 3.63) is 228 Å². The molecule has 5 heteroatoms. The van der Waals surface area contributed by atoms with E-state index in [2.05, 4.69) is 272 Å². The van der Waals surface area contributed by atoms with E-state index >= 15 is 0 Å². The van der Waals surface area contributed by atoms with Crippen molar-refractivity contribution in [1.82, 2.24) is 9.55 Å². The number of pyridine rings is 1. The van der Waals surface area contributed by atoms with Gasteiger partial charge in [-0.1, -0.05) is 191 Å². The van der Waals surface area contributed by atoms with Crippen molar-refractivity contribution in [3.63, 3.8) is 0 Å². The molecule has 0 spiro atoms. The molecule has 10 rings (SSSR count). The van der Waals surface area contributed by atoms with Gasteiger partial charge in [0.25, 0.3) is 0 Å². The zero-order valence-electron chi connectivity index (χ0n) is 41.9. The molecule has 1 aliphatic heterocycles. The molecule has 0 aliphatic carbocycles. The fourth-order valence-corrected chi connectivity index (χ4v) is 10.1. The topological polar surface area (TPSA) is 33.5 Å². The minimum atomic E-state index is -0.308. The summed E-state index contributed by atoms with van der Waals surface area (Å²) in [5.74, 6) is 2.44. The lowest BCUT2D eigenvalue weighted by Gasteiger charge is -2.35. The van der Waals surface area contributed by atoms with E-state index in [9.17, 15) is 0 Å². The number of ether oxygens (including phenoxy) is 1. The van der Waals surface area contributed by atoms with Gasteiger partial charge in [0.1, 0.15) is 17.3 Å². The summed E-state index contributed by atoms with van der Waals surface area (Å²) >= 11 is 0. The lowest BCUT2D eigenvalue weighted by atomic mass is 9.78. The standard InChI is InChI=1S/C64H64N4O/c1-61(2,3)49-35-45(44-23-14-11-15-24-44)36-51(37-49)67-43-66(42-58(67)64(9,10)47-27-18-13-19-28-47)50-29-22-30-52(39-50)69-53-40-55(62(4,5)6)60-54-31-20-21-32-56(54)68(57(60)41-53)59-38-48(33-34-65-59)63(7,8)46-25-16-12-17-26-46/h11-42H,43H2,1-10H3. The SMILES string of the molecule is CC(C)(C)c1cc(-c2ccccc2)cc(N2CN(c3cccc(Oc4cc(C(C)(C)C)c5c6ccccc6n(-c6cc(C(C)(C)c7ccccc7)ccn6)c5c4)c3)C=C2C(C)(C)c2ccccc2)c1. The summed E-state index contributed by atoms with van der Waals surface area (Å²) in [6.45, 7) is 23.7. The van der Waals surface area contributed by atoms with Crippen LogP contribution in [0, 0.1) is 0 Å². The Hall–Kier alpha value is -7.37. The first kappa shape index (κ1) is 45.4. The molecular weight excluding hydrogens is 841 g/mol. The average Bonchev–Trinajstić information content (AvgIpc) is 3.95. The molecule has 0 N–H and O–H groups in total. The molecule has 346 valence electrons. The maximum absolute atomic E-state index is 7.04. The Labute approximate surface area is 409 Å². The zero-order valence-corrected chi connectivity index (χ0v) is 41.9. The monoisotopic (exact) mass is 905 g/mol. The smallest absolute Gasteiger partial charge is 0.137 e. The molecule has 0 radical (unpaired) electrons. The van der Waals surface area contributed by atoms with Crippen LogP contribution in [0.25, 0.3) is 38.8 Å². The van der Waals surface area contributed by atoms with Crippen molar-refractivity contribution in [2.75, 3.05) is 16.5 Å². The van der Waals surface area contributed by atoms with Crippen LogP contribution in [0.3, 0.4) is 0 Å². The minimum Gasteiger partial charge on any atom is -0.457 e. The molecule has 0 saturated carbocycles. The van der Waals surface area contributed by atoms with Gasteiger partial charge in [-0.15, -0.1) is 0 Å². The van der Waals surface area contributed by atoms with Crippen LogP contribution in [0.1, 0.15) is 97.1 Å². The van der Waals surface area contributed by atoms with Crippen LogP contribution < -0.4 is 14.5 Å². The van der Waals surface area contributed by atoms with E-state index in [4.69, 9.17) is 9.72 Å². The predicted molar refractivity (Wildman–Crippen MR) is 290 cm³/mol. The second-order valence-corrected chi connectivity index (χ2v) is 21.9. The van der Waals surface area contributed by atoms with Gasteiger partial charge in [0.15, 0.2) is 0 Å². The molecule has 1 aliphatic rings. The van der Waals surface area contributed by atoms with Gasteiger partial charge >= 0.3 is 0 Å². The highest BCUT2D eigenvalue weighted by Crippen LogP contribution is 2.45. The number of allylic oxidation sites excluding steroid dienone is 1. The fraction of sp³-hybridized carbons (Fsp3) is 0.234. The van der Waals surface area contributed by atoms with Crippen LogP contribution in [0.15, 0.2) is 200 Å². The molecule has 2 aromatic heterocycles. The van der Waals surface area contributed by atoms with E-state index in [0.29, 0.717) is 6.67 Å². The van der Waals surface area contributed by atoms with Crippen LogP contribution in [0.2, 0.25) is 0 Å². The third-order valence-corrected chi connectivity index (χ3v) is 14.3. The highest BCUT2D eigenvalue weighted by atomic mass is 16.5. The Morgan fingerprint density at radius 3 is 1.80 bits per heavy atom. The highest BCUT2D eigenvalue weighted by molar-refractivity contribution is 6.11. The van der Waals surface area contributed by atoms with Crippen LogP contribution in [-0.2, 0) is 21.7 Å². The summed E-state index contributed by atoms with van der Waals surface area (Å²) in [6.07, 6.45) is 4.30. The van der Waals surface area contributed by atoms with Gasteiger partial charge in [-0.05, 0) is 98.3 Å². The number of hydrogen-bond donors (Lipinski definition) is 0. The first-order valence-electron chi connectivity index (χ1n) is 24.4. The van der Waals surface area contributed by atoms with Gasteiger partial charge in [0.2, 0.25) is 0 Å². The second kappa shape index (κ2) is 17.3. The number of benzene rings is 7. The Morgan fingerprint density at radius 2 is 1.12 bits per heavy atom. The van der Waals surface area contributed by atoms with Crippen LogP contribution in [0.4, 0.5) is 11.4 Å². The van der Waals surface area contributed by atoms with Crippen LogP contribution >= 0.6 is 0 Å². The van der Waals surface area contributed by atoms with Crippen molar-refractivity contribution in [1.29, 1.82) is 0 Å². The highest BCUT2D eigenvalue weighted by Gasteiger charge is 2.37. The fourth-order valence-electron chi connectivity index (χ4n) is 10.1. The van der Waals surface area contributed by atoms with Gasteiger partial charge in [0, 0.05) is 63.2 Å². The molecule has 0 bridgehead atoms. The summed E-state index contributed by atoms with van der Waals surface area (Å²) in [7, 11) is 0. The first-order valence-corrected chi connectivity index (χ1v) is 24.4. The quantitative estimate of drug-likeness (QED) is 0.137.